The number of aromatic hydroxyl groups is 1. The van der Waals surface area contributed by atoms with Crippen LogP contribution >= 0.6 is 0 Å². The summed E-state index contributed by atoms with van der Waals surface area (Å²) in [6.45, 7) is 0. The molecule has 6 heteroatoms. The minimum Gasteiger partial charge on any atom is -0.508 e. The standard InChI is InChI=1S/C8H11NO4S/c9-14(12,13)5-8(11)6-2-1-3-7(10)4-6/h1-4,8,10-11H,5H2,(H2,9,12,13). The molecule has 0 aliphatic heterocycles. The quantitative estimate of drug-likeness (QED) is 0.647. The predicted octanol–water partition coefficient (Wildman–Crippen LogP) is -0.286. The lowest BCUT2D eigenvalue weighted by Crippen LogP contribution is -2.21. The van der Waals surface area contributed by atoms with Crippen molar-refractivity contribution in [2.75, 3.05) is 5.75 Å². The van der Waals surface area contributed by atoms with Crippen molar-refractivity contribution in [3.05, 3.63) is 29.8 Å². The fourth-order valence-electron chi connectivity index (χ4n) is 1.05. The minimum absolute atomic E-state index is 0.0315. The molecule has 0 saturated heterocycles. The van der Waals surface area contributed by atoms with Crippen LogP contribution in [0.15, 0.2) is 24.3 Å². The van der Waals surface area contributed by atoms with Gasteiger partial charge in [-0.25, -0.2) is 13.6 Å². The fraction of sp³-hybridized carbons (Fsp3) is 0.250. The van der Waals surface area contributed by atoms with Crippen molar-refractivity contribution in [3.8, 4) is 5.75 Å². The van der Waals surface area contributed by atoms with Crippen LogP contribution < -0.4 is 5.14 Å². The van der Waals surface area contributed by atoms with Crippen LogP contribution in [0.2, 0.25) is 0 Å². The summed E-state index contributed by atoms with van der Waals surface area (Å²) >= 11 is 0. The molecule has 1 atom stereocenters. The van der Waals surface area contributed by atoms with E-state index in [1.165, 1.54) is 24.3 Å². The monoisotopic (exact) mass is 217 g/mol. The molecule has 5 nitrogen and oxygen atoms in total. The van der Waals surface area contributed by atoms with Gasteiger partial charge in [0.1, 0.15) is 5.75 Å². The Hall–Kier alpha value is -1.11. The van der Waals surface area contributed by atoms with Gasteiger partial charge in [-0.05, 0) is 17.7 Å². The van der Waals surface area contributed by atoms with Gasteiger partial charge in [-0.1, -0.05) is 12.1 Å². The summed E-state index contributed by atoms with van der Waals surface area (Å²) in [5.74, 6) is -0.591. The van der Waals surface area contributed by atoms with Crippen LogP contribution in [-0.4, -0.2) is 24.4 Å². The van der Waals surface area contributed by atoms with Crippen molar-refractivity contribution in [2.45, 2.75) is 6.10 Å². The molecule has 14 heavy (non-hydrogen) atoms. The summed E-state index contributed by atoms with van der Waals surface area (Å²) in [6, 6.07) is 5.73. The number of aliphatic hydroxyl groups is 1. The number of hydrogen-bond acceptors (Lipinski definition) is 4. The first-order chi connectivity index (χ1) is 6.38. The number of sulfonamides is 1. The van der Waals surface area contributed by atoms with E-state index >= 15 is 0 Å². The number of nitrogens with two attached hydrogens (primary N) is 1. The molecule has 0 saturated carbocycles. The number of primary sulfonamides is 1. The van der Waals surface area contributed by atoms with Crippen LogP contribution in [0.4, 0.5) is 0 Å². The summed E-state index contributed by atoms with van der Waals surface area (Å²) < 4.78 is 21.3. The van der Waals surface area contributed by atoms with Crippen LogP contribution in [0.1, 0.15) is 11.7 Å². The maximum absolute atomic E-state index is 10.7. The van der Waals surface area contributed by atoms with Gasteiger partial charge in [0, 0.05) is 0 Å². The van der Waals surface area contributed by atoms with Crippen LogP contribution in [-0.2, 0) is 10.0 Å². The molecule has 1 aromatic rings. The van der Waals surface area contributed by atoms with Crippen LogP contribution in [0.25, 0.3) is 0 Å². The van der Waals surface area contributed by atoms with Gasteiger partial charge in [0.25, 0.3) is 0 Å². The molecule has 0 aliphatic carbocycles. The molecular weight excluding hydrogens is 206 g/mol. The second-order valence-corrected chi connectivity index (χ2v) is 4.60. The first-order valence-electron chi connectivity index (χ1n) is 3.86. The zero-order valence-corrected chi connectivity index (χ0v) is 8.11. The number of hydrogen-bond donors (Lipinski definition) is 3. The summed E-state index contributed by atoms with van der Waals surface area (Å²) in [6.07, 6.45) is -1.21. The summed E-state index contributed by atoms with van der Waals surface area (Å²) in [5, 5.41) is 23.2. The average Bonchev–Trinajstić information content (AvgIpc) is 2.01. The molecule has 0 heterocycles. The Labute approximate surface area is 81.9 Å². The van der Waals surface area contributed by atoms with Gasteiger partial charge in [-0.3, -0.25) is 0 Å². The van der Waals surface area contributed by atoms with Gasteiger partial charge in [-0.2, -0.15) is 0 Å². The van der Waals surface area contributed by atoms with E-state index in [1.807, 2.05) is 0 Å². The summed E-state index contributed by atoms with van der Waals surface area (Å²) in [7, 11) is -3.72. The van der Waals surface area contributed by atoms with Gasteiger partial charge in [0.05, 0.1) is 11.9 Å². The van der Waals surface area contributed by atoms with E-state index in [2.05, 4.69) is 0 Å². The molecule has 0 aromatic heterocycles. The lowest BCUT2D eigenvalue weighted by atomic mass is 10.1. The Morgan fingerprint density at radius 2 is 2.07 bits per heavy atom. The molecule has 1 rings (SSSR count). The van der Waals surface area contributed by atoms with Gasteiger partial charge in [-0.15, -0.1) is 0 Å². The highest BCUT2D eigenvalue weighted by Gasteiger charge is 2.14. The Bertz CT molecular complexity index is 415. The van der Waals surface area contributed by atoms with Crippen molar-refractivity contribution < 1.29 is 18.6 Å². The van der Waals surface area contributed by atoms with E-state index in [4.69, 9.17) is 10.2 Å². The van der Waals surface area contributed by atoms with Crippen LogP contribution in [0, 0.1) is 0 Å². The maximum atomic E-state index is 10.7. The normalized spacial score (nSPS) is 13.9. The third-order valence-corrected chi connectivity index (χ3v) is 2.43. The van der Waals surface area contributed by atoms with Crippen molar-refractivity contribution in [2.24, 2.45) is 5.14 Å². The summed E-state index contributed by atoms with van der Waals surface area (Å²) in [4.78, 5) is 0. The molecule has 0 amide bonds. The highest BCUT2D eigenvalue weighted by Crippen LogP contribution is 2.18. The lowest BCUT2D eigenvalue weighted by Gasteiger charge is -2.09. The molecule has 4 N–H and O–H groups in total. The number of phenols is 1. The van der Waals surface area contributed by atoms with Crippen LogP contribution in [0.3, 0.4) is 0 Å². The average molecular weight is 217 g/mol. The van der Waals surface area contributed by atoms with Crippen molar-refractivity contribution in [1.82, 2.24) is 0 Å². The Kier molecular flexibility index (Phi) is 3.10. The van der Waals surface area contributed by atoms with E-state index < -0.39 is 21.9 Å². The van der Waals surface area contributed by atoms with E-state index in [9.17, 15) is 13.5 Å². The largest absolute Gasteiger partial charge is 0.508 e. The first-order valence-corrected chi connectivity index (χ1v) is 5.57. The molecule has 0 fully saturated rings. The lowest BCUT2D eigenvalue weighted by molar-refractivity contribution is 0.201. The molecule has 0 spiro atoms. The van der Waals surface area contributed by atoms with Crippen LogP contribution in [0.5, 0.6) is 5.75 Å². The molecule has 0 radical (unpaired) electrons. The highest BCUT2D eigenvalue weighted by atomic mass is 32.2. The Balaban J connectivity index is 2.85. The minimum atomic E-state index is -3.72. The second kappa shape index (κ2) is 3.95. The number of rotatable bonds is 3. The zero-order chi connectivity index (χ0) is 10.8. The van der Waals surface area contributed by atoms with E-state index in [0.29, 0.717) is 5.56 Å². The SMILES string of the molecule is NS(=O)(=O)CC(O)c1cccc(O)c1. The molecule has 78 valence electrons. The third-order valence-electron chi connectivity index (χ3n) is 1.65. The van der Waals surface area contributed by atoms with Crippen molar-refractivity contribution >= 4 is 10.0 Å². The smallest absolute Gasteiger partial charge is 0.211 e. The van der Waals surface area contributed by atoms with Gasteiger partial charge >= 0.3 is 0 Å². The summed E-state index contributed by atoms with van der Waals surface area (Å²) in [5.41, 5.74) is 0.319. The fourth-order valence-corrected chi connectivity index (χ4v) is 1.68. The van der Waals surface area contributed by atoms with Gasteiger partial charge in [0.15, 0.2) is 0 Å². The first kappa shape index (κ1) is 11.0. The van der Waals surface area contributed by atoms with Crippen molar-refractivity contribution in [3.63, 3.8) is 0 Å². The number of benzene rings is 1. The van der Waals surface area contributed by atoms with Gasteiger partial charge < -0.3 is 10.2 Å². The number of phenolic OH excluding ortho intramolecular Hbond substituents is 1. The van der Waals surface area contributed by atoms with E-state index in [-0.39, 0.29) is 5.75 Å². The third kappa shape index (κ3) is 3.33. The second-order valence-electron chi connectivity index (χ2n) is 2.94. The van der Waals surface area contributed by atoms with Gasteiger partial charge in [0.2, 0.25) is 10.0 Å². The highest BCUT2D eigenvalue weighted by molar-refractivity contribution is 7.89. The molecule has 1 unspecified atom stereocenters. The Morgan fingerprint density at radius 1 is 1.43 bits per heavy atom. The van der Waals surface area contributed by atoms with E-state index in [0.717, 1.165) is 0 Å². The molecule has 0 aliphatic rings. The molecule has 0 bridgehead atoms. The zero-order valence-electron chi connectivity index (χ0n) is 7.29. The maximum Gasteiger partial charge on any atom is 0.211 e. The van der Waals surface area contributed by atoms with Crippen molar-refractivity contribution in [1.29, 1.82) is 0 Å². The molecule has 1 aromatic carbocycles. The topological polar surface area (TPSA) is 101 Å². The number of aliphatic hydroxyl groups excluding tert-OH is 1. The Morgan fingerprint density at radius 3 is 2.57 bits per heavy atom. The molecular formula is C8H11NO4S. The van der Waals surface area contributed by atoms with E-state index in [1.54, 1.807) is 0 Å². The predicted molar refractivity (Wildman–Crippen MR) is 51.0 cm³/mol.